The Labute approximate surface area is 107 Å². The molecule has 0 saturated heterocycles. The summed E-state index contributed by atoms with van der Waals surface area (Å²) in [4.78, 5) is 0. The molecule has 0 aliphatic carbocycles. The standard InChI is InChI=1S/C15H18O3/c1-17-15(12-6-3-2-4-7-12)14-10-9-13(18-14)8-5-11-16/h2-4,6-7,9-10,15-16H,5,8,11H2,1H3. The number of aliphatic hydroxyl groups excluding tert-OH is 1. The van der Waals surface area contributed by atoms with E-state index in [1.165, 1.54) is 0 Å². The van der Waals surface area contributed by atoms with Crippen molar-refractivity contribution in [3.8, 4) is 0 Å². The van der Waals surface area contributed by atoms with Crippen LogP contribution in [-0.2, 0) is 11.2 Å². The molecule has 0 saturated carbocycles. The van der Waals surface area contributed by atoms with Gasteiger partial charge in [-0.25, -0.2) is 0 Å². The van der Waals surface area contributed by atoms with Gasteiger partial charge in [0.1, 0.15) is 17.6 Å². The molecule has 0 amide bonds. The molecular weight excluding hydrogens is 228 g/mol. The van der Waals surface area contributed by atoms with Crippen molar-refractivity contribution in [2.45, 2.75) is 18.9 Å². The van der Waals surface area contributed by atoms with Gasteiger partial charge in [-0.3, -0.25) is 0 Å². The molecule has 0 aliphatic rings. The molecule has 0 bridgehead atoms. The number of benzene rings is 1. The first-order chi connectivity index (χ1) is 8.85. The van der Waals surface area contributed by atoms with E-state index in [1.54, 1.807) is 7.11 Å². The third kappa shape index (κ3) is 3.00. The number of methoxy groups -OCH3 is 1. The average molecular weight is 246 g/mol. The molecule has 18 heavy (non-hydrogen) atoms. The van der Waals surface area contributed by atoms with Gasteiger partial charge in [0.15, 0.2) is 0 Å². The van der Waals surface area contributed by atoms with E-state index in [2.05, 4.69) is 0 Å². The van der Waals surface area contributed by atoms with Crippen molar-refractivity contribution in [2.75, 3.05) is 13.7 Å². The Morgan fingerprint density at radius 3 is 2.61 bits per heavy atom. The molecule has 3 nitrogen and oxygen atoms in total. The Kier molecular flexibility index (Phi) is 4.56. The molecule has 0 radical (unpaired) electrons. The van der Waals surface area contributed by atoms with Gasteiger partial charge in [-0.05, 0) is 24.1 Å². The van der Waals surface area contributed by atoms with Crippen molar-refractivity contribution < 1.29 is 14.3 Å². The van der Waals surface area contributed by atoms with Gasteiger partial charge in [0.2, 0.25) is 0 Å². The molecular formula is C15H18O3. The first-order valence-electron chi connectivity index (χ1n) is 6.12. The zero-order valence-corrected chi connectivity index (χ0v) is 10.5. The molecule has 1 aromatic carbocycles. The predicted octanol–water partition coefficient (Wildman–Crippen LogP) is 2.94. The second-order valence-corrected chi connectivity index (χ2v) is 4.16. The largest absolute Gasteiger partial charge is 0.463 e. The van der Waals surface area contributed by atoms with E-state index in [9.17, 15) is 0 Å². The second-order valence-electron chi connectivity index (χ2n) is 4.16. The maximum Gasteiger partial charge on any atom is 0.140 e. The van der Waals surface area contributed by atoms with E-state index in [0.717, 1.165) is 29.9 Å². The molecule has 1 heterocycles. The highest BCUT2D eigenvalue weighted by Gasteiger charge is 2.16. The lowest BCUT2D eigenvalue weighted by Crippen LogP contribution is -2.01. The number of ether oxygens (including phenoxy) is 1. The minimum atomic E-state index is -0.172. The van der Waals surface area contributed by atoms with Gasteiger partial charge in [0.05, 0.1) is 0 Å². The Hall–Kier alpha value is -1.58. The van der Waals surface area contributed by atoms with Gasteiger partial charge < -0.3 is 14.3 Å². The second kappa shape index (κ2) is 6.38. The summed E-state index contributed by atoms with van der Waals surface area (Å²) in [5, 5.41) is 8.80. The lowest BCUT2D eigenvalue weighted by Gasteiger charge is -2.12. The van der Waals surface area contributed by atoms with Crippen molar-refractivity contribution in [2.24, 2.45) is 0 Å². The van der Waals surface area contributed by atoms with Crippen molar-refractivity contribution in [1.29, 1.82) is 0 Å². The maximum atomic E-state index is 8.80. The van der Waals surface area contributed by atoms with Crippen molar-refractivity contribution in [3.05, 3.63) is 59.5 Å². The average Bonchev–Trinajstić information content (AvgIpc) is 2.87. The highest BCUT2D eigenvalue weighted by atomic mass is 16.5. The van der Waals surface area contributed by atoms with E-state index in [1.807, 2.05) is 42.5 Å². The van der Waals surface area contributed by atoms with E-state index >= 15 is 0 Å². The van der Waals surface area contributed by atoms with Crippen LogP contribution in [0.15, 0.2) is 46.9 Å². The summed E-state index contributed by atoms with van der Waals surface area (Å²) >= 11 is 0. The number of hydrogen-bond acceptors (Lipinski definition) is 3. The minimum Gasteiger partial charge on any atom is -0.463 e. The van der Waals surface area contributed by atoms with Crippen LogP contribution in [-0.4, -0.2) is 18.8 Å². The van der Waals surface area contributed by atoms with E-state index in [4.69, 9.17) is 14.3 Å². The van der Waals surface area contributed by atoms with Crippen LogP contribution in [0.1, 0.15) is 29.6 Å². The number of aliphatic hydroxyl groups is 1. The third-order valence-electron chi connectivity index (χ3n) is 2.86. The normalized spacial score (nSPS) is 12.6. The summed E-state index contributed by atoms with van der Waals surface area (Å²) in [6.45, 7) is 0.183. The fraction of sp³-hybridized carbons (Fsp3) is 0.333. The van der Waals surface area contributed by atoms with Crippen LogP contribution in [0.3, 0.4) is 0 Å². The van der Waals surface area contributed by atoms with Crippen LogP contribution < -0.4 is 0 Å². The summed E-state index contributed by atoms with van der Waals surface area (Å²) in [6, 6.07) is 13.9. The highest BCUT2D eigenvalue weighted by molar-refractivity contribution is 5.25. The van der Waals surface area contributed by atoms with Crippen molar-refractivity contribution in [3.63, 3.8) is 0 Å². The molecule has 1 unspecified atom stereocenters. The molecule has 0 fully saturated rings. The molecule has 96 valence electrons. The smallest absolute Gasteiger partial charge is 0.140 e. The van der Waals surface area contributed by atoms with Crippen LogP contribution in [0.2, 0.25) is 0 Å². The molecule has 3 heteroatoms. The SMILES string of the molecule is COC(c1ccccc1)c1ccc(CCCO)o1. The molecule has 2 aromatic rings. The lowest BCUT2D eigenvalue weighted by atomic mass is 10.1. The van der Waals surface area contributed by atoms with Gasteiger partial charge in [0, 0.05) is 20.1 Å². The topological polar surface area (TPSA) is 42.6 Å². The summed E-state index contributed by atoms with van der Waals surface area (Å²) in [7, 11) is 1.67. The zero-order valence-electron chi connectivity index (χ0n) is 10.5. The summed E-state index contributed by atoms with van der Waals surface area (Å²) in [5.41, 5.74) is 1.07. The van der Waals surface area contributed by atoms with Crippen LogP contribution in [0.4, 0.5) is 0 Å². The van der Waals surface area contributed by atoms with E-state index < -0.39 is 0 Å². The van der Waals surface area contributed by atoms with Crippen molar-refractivity contribution in [1.82, 2.24) is 0 Å². The first-order valence-corrected chi connectivity index (χ1v) is 6.12. The van der Waals surface area contributed by atoms with Gasteiger partial charge in [-0.15, -0.1) is 0 Å². The Balaban J connectivity index is 2.15. The van der Waals surface area contributed by atoms with Crippen LogP contribution >= 0.6 is 0 Å². The molecule has 0 aliphatic heterocycles. The fourth-order valence-electron chi connectivity index (χ4n) is 1.97. The van der Waals surface area contributed by atoms with Gasteiger partial charge >= 0.3 is 0 Å². The van der Waals surface area contributed by atoms with Gasteiger partial charge in [-0.1, -0.05) is 30.3 Å². The quantitative estimate of drug-likeness (QED) is 0.852. The van der Waals surface area contributed by atoms with E-state index in [0.29, 0.717) is 0 Å². The number of hydrogen-bond donors (Lipinski definition) is 1. The summed E-state index contributed by atoms with van der Waals surface area (Å²) < 4.78 is 11.3. The van der Waals surface area contributed by atoms with Crippen molar-refractivity contribution >= 4 is 0 Å². The number of aryl methyl sites for hydroxylation is 1. The number of furan rings is 1. The summed E-state index contributed by atoms with van der Waals surface area (Å²) in [5.74, 6) is 1.69. The first kappa shape index (κ1) is 12.9. The lowest BCUT2D eigenvalue weighted by molar-refractivity contribution is 0.115. The van der Waals surface area contributed by atoms with Gasteiger partial charge in [0.25, 0.3) is 0 Å². The Morgan fingerprint density at radius 1 is 1.17 bits per heavy atom. The molecule has 0 spiro atoms. The predicted molar refractivity (Wildman–Crippen MR) is 69.4 cm³/mol. The van der Waals surface area contributed by atoms with Gasteiger partial charge in [-0.2, -0.15) is 0 Å². The molecule has 1 atom stereocenters. The third-order valence-corrected chi connectivity index (χ3v) is 2.86. The fourth-order valence-corrected chi connectivity index (χ4v) is 1.97. The summed E-state index contributed by atoms with van der Waals surface area (Å²) in [6.07, 6.45) is 1.30. The van der Waals surface area contributed by atoms with Crippen LogP contribution in [0, 0.1) is 0 Å². The Morgan fingerprint density at radius 2 is 1.94 bits per heavy atom. The zero-order chi connectivity index (χ0) is 12.8. The molecule has 1 aromatic heterocycles. The van der Waals surface area contributed by atoms with Crippen LogP contribution in [0.25, 0.3) is 0 Å². The number of rotatable bonds is 6. The Bertz CT molecular complexity index is 462. The minimum absolute atomic E-state index is 0.172. The maximum absolute atomic E-state index is 8.80. The monoisotopic (exact) mass is 246 g/mol. The van der Waals surface area contributed by atoms with E-state index in [-0.39, 0.29) is 12.7 Å². The molecule has 2 rings (SSSR count). The van der Waals surface area contributed by atoms with Crippen LogP contribution in [0.5, 0.6) is 0 Å². The highest BCUT2D eigenvalue weighted by Crippen LogP contribution is 2.27. The molecule has 1 N–H and O–H groups in total.